The van der Waals surface area contributed by atoms with Crippen LogP contribution < -0.4 is 9.62 Å². The van der Waals surface area contributed by atoms with Gasteiger partial charge >= 0.3 is 0 Å². The minimum absolute atomic E-state index is 0.0939. The predicted molar refractivity (Wildman–Crippen MR) is 125 cm³/mol. The van der Waals surface area contributed by atoms with Gasteiger partial charge in [0, 0.05) is 16.6 Å². The van der Waals surface area contributed by atoms with Crippen molar-refractivity contribution in [1.29, 1.82) is 0 Å². The van der Waals surface area contributed by atoms with Gasteiger partial charge in [-0.25, -0.2) is 8.42 Å². The van der Waals surface area contributed by atoms with Crippen molar-refractivity contribution in [3.63, 3.8) is 0 Å². The maximum atomic E-state index is 13.5. The van der Waals surface area contributed by atoms with E-state index >= 15 is 0 Å². The van der Waals surface area contributed by atoms with E-state index in [4.69, 9.17) is 23.2 Å². The number of hydrogen-bond donors (Lipinski definition) is 1. The summed E-state index contributed by atoms with van der Waals surface area (Å²) in [7, 11) is -4.01. The van der Waals surface area contributed by atoms with E-state index in [0.717, 1.165) is 15.4 Å². The molecule has 0 bridgehead atoms. The molecule has 3 aromatic rings. The summed E-state index contributed by atoms with van der Waals surface area (Å²) in [4.78, 5) is 12.8. The molecule has 0 fully saturated rings. The van der Waals surface area contributed by atoms with E-state index < -0.39 is 22.5 Å². The summed E-state index contributed by atoms with van der Waals surface area (Å²) in [6.07, 6.45) is 0. The lowest BCUT2D eigenvalue weighted by Crippen LogP contribution is -2.41. The molecule has 1 amide bonds. The molecule has 0 aliphatic heterocycles. The van der Waals surface area contributed by atoms with Crippen molar-refractivity contribution < 1.29 is 13.2 Å². The van der Waals surface area contributed by atoms with Crippen LogP contribution in [0.25, 0.3) is 0 Å². The molecule has 8 heteroatoms. The molecule has 0 saturated heterocycles. The highest BCUT2D eigenvalue weighted by Gasteiger charge is 2.28. The number of nitrogens with one attached hydrogen (secondary N) is 1. The summed E-state index contributed by atoms with van der Waals surface area (Å²) in [6.45, 7) is 3.43. The molecule has 3 rings (SSSR count). The minimum atomic E-state index is -4.01. The fraction of sp³-hybridized carbons (Fsp3) is 0.174. The average molecular weight is 477 g/mol. The van der Waals surface area contributed by atoms with Gasteiger partial charge < -0.3 is 5.32 Å². The van der Waals surface area contributed by atoms with Crippen LogP contribution in [0.2, 0.25) is 10.0 Å². The molecule has 31 heavy (non-hydrogen) atoms. The van der Waals surface area contributed by atoms with Gasteiger partial charge in [-0.1, -0.05) is 65.2 Å². The van der Waals surface area contributed by atoms with Crippen molar-refractivity contribution in [1.82, 2.24) is 5.32 Å². The lowest BCUT2D eigenvalue weighted by atomic mass is 10.2. The first kappa shape index (κ1) is 23.1. The first-order chi connectivity index (χ1) is 14.7. The largest absolute Gasteiger partial charge is 0.350 e. The molecular formula is C23H22Cl2N2O3S. The molecule has 5 nitrogen and oxygen atoms in total. The third-order valence-corrected chi connectivity index (χ3v) is 7.15. The Morgan fingerprint density at radius 1 is 0.968 bits per heavy atom. The van der Waals surface area contributed by atoms with Gasteiger partial charge in [0.25, 0.3) is 10.0 Å². The normalized spacial score (nSPS) is 11.2. The standard InChI is InChI=1S/C23H22Cl2N2O3S/c1-16-7-11-20(12-8-16)31(29,30)27(22-13-19(24)10-9-17(22)2)15-23(28)26-14-18-5-3-4-6-21(18)25/h3-13H,14-15H2,1-2H3,(H,26,28). The zero-order valence-corrected chi connectivity index (χ0v) is 19.4. The van der Waals surface area contributed by atoms with Gasteiger partial charge in [0.15, 0.2) is 0 Å². The van der Waals surface area contributed by atoms with Gasteiger partial charge in [-0.3, -0.25) is 9.10 Å². The van der Waals surface area contributed by atoms with Crippen LogP contribution in [0.15, 0.2) is 71.6 Å². The number of aryl methyl sites for hydroxylation is 2. The summed E-state index contributed by atoms with van der Waals surface area (Å²) in [6, 6.07) is 18.6. The molecule has 0 aromatic heterocycles. The number of amides is 1. The molecule has 1 N–H and O–H groups in total. The smallest absolute Gasteiger partial charge is 0.264 e. The molecule has 0 radical (unpaired) electrons. The van der Waals surface area contributed by atoms with Gasteiger partial charge in [0.1, 0.15) is 6.54 Å². The van der Waals surface area contributed by atoms with Crippen LogP contribution in [0.1, 0.15) is 16.7 Å². The van der Waals surface area contributed by atoms with E-state index in [1.165, 1.54) is 12.1 Å². The van der Waals surface area contributed by atoms with E-state index in [0.29, 0.717) is 21.3 Å². The predicted octanol–water partition coefficient (Wildman–Crippen LogP) is 5.12. The number of nitrogens with zero attached hydrogens (tertiary/aromatic N) is 1. The topological polar surface area (TPSA) is 66.5 Å². The van der Waals surface area contributed by atoms with Crippen molar-refractivity contribution in [2.45, 2.75) is 25.3 Å². The fourth-order valence-electron chi connectivity index (χ4n) is 3.01. The summed E-state index contributed by atoms with van der Waals surface area (Å²) in [5, 5.41) is 3.65. The van der Waals surface area contributed by atoms with E-state index in [-0.39, 0.29) is 11.4 Å². The zero-order chi connectivity index (χ0) is 22.6. The average Bonchev–Trinajstić information content (AvgIpc) is 2.73. The molecule has 0 aliphatic carbocycles. The maximum Gasteiger partial charge on any atom is 0.264 e. The van der Waals surface area contributed by atoms with Crippen LogP contribution >= 0.6 is 23.2 Å². The Labute approximate surface area is 192 Å². The van der Waals surface area contributed by atoms with Crippen LogP contribution in [0.3, 0.4) is 0 Å². The van der Waals surface area contributed by atoms with E-state index in [2.05, 4.69) is 5.32 Å². The molecule has 0 spiro atoms. The van der Waals surface area contributed by atoms with Gasteiger partial charge in [0.05, 0.1) is 10.6 Å². The minimum Gasteiger partial charge on any atom is -0.350 e. The first-order valence-electron chi connectivity index (χ1n) is 9.54. The monoisotopic (exact) mass is 476 g/mol. The molecule has 162 valence electrons. The summed E-state index contributed by atoms with van der Waals surface area (Å²) < 4.78 is 28.0. The van der Waals surface area contributed by atoms with E-state index in [1.54, 1.807) is 55.5 Å². The molecular weight excluding hydrogens is 455 g/mol. The molecule has 0 unspecified atom stereocenters. The summed E-state index contributed by atoms with van der Waals surface area (Å²) in [5.41, 5.74) is 2.70. The zero-order valence-electron chi connectivity index (χ0n) is 17.1. The molecule has 0 saturated carbocycles. The molecule has 0 atom stereocenters. The SMILES string of the molecule is Cc1ccc(S(=O)(=O)N(CC(=O)NCc2ccccc2Cl)c2cc(Cl)ccc2C)cc1. The number of carbonyl (C=O) groups excluding carboxylic acids is 1. The van der Waals surface area contributed by atoms with Gasteiger partial charge in [-0.15, -0.1) is 0 Å². The Bertz CT molecular complexity index is 1200. The summed E-state index contributed by atoms with van der Waals surface area (Å²) in [5.74, 6) is -0.463. The van der Waals surface area contributed by atoms with Crippen molar-refractivity contribution in [2.24, 2.45) is 0 Å². The number of hydrogen-bond acceptors (Lipinski definition) is 3. The van der Waals surface area contributed by atoms with Crippen molar-refractivity contribution in [3.8, 4) is 0 Å². The van der Waals surface area contributed by atoms with Crippen LogP contribution in [-0.2, 0) is 21.4 Å². The number of benzene rings is 3. The van der Waals surface area contributed by atoms with Crippen molar-refractivity contribution in [3.05, 3.63) is 93.5 Å². The van der Waals surface area contributed by atoms with Gasteiger partial charge in [0.2, 0.25) is 5.91 Å². The fourth-order valence-corrected chi connectivity index (χ4v) is 4.86. The number of anilines is 1. The highest BCUT2D eigenvalue weighted by molar-refractivity contribution is 7.92. The van der Waals surface area contributed by atoms with Crippen molar-refractivity contribution >= 4 is 44.8 Å². The van der Waals surface area contributed by atoms with Crippen LogP contribution in [0, 0.1) is 13.8 Å². The van der Waals surface area contributed by atoms with Crippen LogP contribution in [-0.4, -0.2) is 20.9 Å². The third kappa shape index (κ3) is 5.58. The second-order valence-corrected chi connectivity index (χ2v) is 9.83. The van der Waals surface area contributed by atoms with Crippen LogP contribution in [0.5, 0.6) is 0 Å². The quantitative estimate of drug-likeness (QED) is 0.514. The molecule has 0 aliphatic rings. The van der Waals surface area contributed by atoms with E-state index in [9.17, 15) is 13.2 Å². The second kappa shape index (κ2) is 9.73. The molecule has 0 heterocycles. The Morgan fingerprint density at radius 2 is 1.65 bits per heavy atom. The third-order valence-electron chi connectivity index (χ3n) is 4.77. The van der Waals surface area contributed by atoms with Gasteiger partial charge in [-0.05, 0) is 55.3 Å². The first-order valence-corrected chi connectivity index (χ1v) is 11.7. The highest BCUT2D eigenvalue weighted by atomic mass is 35.5. The lowest BCUT2D eigenvalue weighted by molar-refractivity contribution is -0.119. The van der Waals surface area contributed by atoms with Crippen LogP contribution in [0.4, 0.5) is 5.69 Å². The Hall–Kier alpha value is -2.54. The lowest BCUT2D eigenvalue weighted by Gasteiger charge is -2.26. The summed E-state index contributed by atoms with van der Waals surface area (Å²) >= 11 is 12.3. The highest BCUT2D eigenvalue weighted by Crippen LogP contribution is 2.29. The Kier molecular flexibility index (Phi) is 7.26. The van der Waals surface area contributed by atoms with Gasteiger partial charge in [-0.2, -0.15) is 0 Å². The molecule has 3 aromatic carbocycles. The Balaban J connectivity index is 1.92. The number of carbonyl (C=O) groups is 1. The van der Waals surface area contributed by atoms with E-state index in [1.807, 2.05) is 13.0 Å². The van der Waals surface area contributed by atoms with Crippen molar-refractivity contribution in [2.75, 3.05) is 10.8 Å². The number of rotatable bonds is 7. The maximum absolute atomic E-state index is 13.5. The number of halogens is 2. The number of sulfonamides is 1. The Morgan fingerprint density at radius 3 is 2.32 bits per heavy atom. The second-order valence-electron chi connectivity index (χ2n) is 7.12.